The first-order valence-electron chi connectivity index (χ1n) is 15.3. The lowest BCUT2D eigenvalue weighted by Crippen LogP contribution is -2.35. The molecule has 4 aliphatic heterocycles. The standard InChI is InChI=1S/C28H46N8O8P2/c1-25(2)15-33(25)45(41,34-16-26(34,3)4)31-23(39)43-11-9-29-19-13-22(38)20(14-21(19)37)30-10-12-44-24(40)32-46(42,35-17-27(35,5)6)36-18-28(36,7)8/h13-14,29-30H,9-12,15-18H2,1-8H3,(H,31,39,41)(H,32,40,42). The highest BCUT2D eigenvalue weighted by Crippen LogP contribution is 2.68. The number of rotatable bonds is 14. The van der Waals surface area contributed by atoms with Crippen molar-refractivity contribution in [3.63, 3.8) is 0 Å². The van der Waals surface area contributed by atoms with Gasteiger partial charge in [0.1, 0.15) is 13.2 Å². The van der Waals surface area contributed by atoms with Crippen molar-refractivity contribution >= 4 is 38.9 Å². The van der Waals surface area contributed by atoms with E-state index in [0.29, 0.717) is 26.2 Å². The Kier molecular flexibility index (Phi) is 8.61. The van der Waals surface area contributed by atoms with E-state index in [9.17, 15) is 28.3 Å². The molecule has 1 aliphatic carbocycles. The highest BCUT2D eigenvalue weighted by molar-refractivity contribution is 7.58. The van der Waals surface area contributed by atoms with Gasteiger partial charge >= 0.3 is 27.4 Å². The molecule has 0 saturated carbocycles. The second kappa shape index (κ2) is 11.5. The lowest BCUT2D eigenvalue weighted by Gasteiger charge is -2.25. The molecular formula is C28H46N8O8P2. The summed E-state index contributed by atoms with van der Waals surface area (Å²) in [5.41, 5.74) is -1.07. The lowest BCUT2D eigenvalue weighted by molar-refractivity contribution is -0.115. The molecule has 4 atom stereocenters. The van der Waals surface area contributed by atoms with Gasteiger partial charge < -0.3 is 20.1 Å². The Morgan fingerprint density at radius 2 is 0.891 bits per heavy atom. The van der Waals surface area contributed by atoms with Gasteiger partial charge in [0.25, 0.3) is 0 Å². The third-order valence-electron chi connectivity index (χ3n) is 8.69. The number of amides is 2. The van der Waals surface area contributed by atoms with Crippen LogP contribution in [0.2, 0.25) is 0 Å². The van der Waals surface area contributed by atoms with E-state index in [4.69, 9.17) is 9.47 Å². The molecule has 0 spiro atoms. The van der Waals surface area contributed by atoms with Crippen molar-refractivity contribution in [3.05, 3.63) is 23.5 Å². The van der Waals surface area contributed by atoms with Crippen LogP contribution in [0.5, 0.6) is 0 Å². The van der Waals surface area contributed by atoms with Crippen LogP contribution < -0.4 is 20.8 Å². The molecule has 4 fully saturated rings. The molecule has 0 aromatic heterocycles. The zero-order valence-electron chi connectivity index (χ0n) is 27.8. The highest BCUT2D eigenvalue weighted by atomic mass is 31.2. The molecule has 4 saturated heterocycles. The molecule has 0 bridgehead atoms. The van der Waals surface area contributed by atoms with Gasteiger partial charge in [0, 0.05) is 73.6 Å². The molecule has 0 aromatic carbocycles. The second-order valence-corrected chi connectivity index (χ2v) is 19.3. The van der Waals surface area contributed by atoms with Crippen LogP contribution in [0.1, 0.15) is 55.4 Å². The van der Waals surface area contributed by atoms with Crippen molar-refractivity contribution in [2.45, 2.75) is 77.5 Å². The van der Waals surface area contributed by atoms with Crippen LogP contribution in [0.25, 0.3) is 0 Å². The maximum atomic E-state index is 13.7. The molecule has 5 rings (SSSR count). The zero-order chi connectivity index (χ0) is 34.1. The minimum atomic E-state index is -3.33. The number of hydrogen-bond donors (Lipinski definition) is 4. The molecule has 4 N–H and O–H groups in total. The number of hydrogen-bond acceptors (Lipinski definition) is 10. The van der Waals surface area contributed by atoms with E-state index in [1.54, 1.807) is 18.7 Å². The predicted molar refractivity (Wildman–Crippen MR) is 170 cm³/mol. The third kappa shape index (κ3) is 7.07. The summed E-state index contributed by atoms with van der Waals surface area (Å²) in [5.74, 6) is -0.934. The van der Waals surface area contributed by atoms with Crippen LogP contribution in [0.3, 0.4) is 0 Å². The topological polar surface area (TPSA) is 181 Å². The Morgan fingerprint density at radius 3 is 1.13 bits per heavy atom. The number of nitrogens with zero attached hydrogens (tertiary/aromatic N) is 4. The Hall–Kier alpha value is -2.74. The molecule has 5 aliphatic rings. The Bertz CT molecular complexity index is 1340. The lowest BCUT2D eigenvalue weighted by atomic mass is 10.1. The van der Waals surface area contributed by atoms with Gasteiger partial charge in [0.05, 0.1) is 11.4 Å². The van der Waals surface area contributed by atoms with E-state index in [0.717, 1.165) is 12.2 Å². The maximum absolute atomic E-state index is 13.7. The van der Waals surface area contributed by atoms with E-state index >= 15 is 0 Å². The summed E-state index contributed by atoms with van der Waals surface area (Å²) in [7, 11) is -6.66. The van der Waals surface area contributed by atoms with Gasteiger partial charge in [0.2, 0.25) is 11.6 Å². The molecule has 16 nitrogen and oxygen atoms in total. The van der Waals surface area contributed by atoms with Crippen molar-refractivity contribution in [3.8, 4) is 0 Å². The first-order valence-corrected chi connectivity index (χ1v) is 18.6. The van der Waals surface area contributed by atoms with E-state index in [1.165, 1.54) is 0 Å². The number of carbonyl (C=O) groups is 4. The first kappa shape index (κ1) is 34.6. The summed E-state index contributed by atoms with van der Waals surface area (Å²) in [6, 6.07) is 0. The quantitative estimate of drug-likeness (QED) is 0.0904. The third-order valence-corrected chi connectivity index (χ3v) is 15.0. The minimum absolute atomic E-state index is 0.0318. The largest absolute Gasteiger partial charge is 0.447 e. The van der Waals surface area contributed by atoms with E-state index in [2.05, 4.69) is 20.8 Å². The van der Waals surface area contributed by atoms with E-state index in [-0.39, 0.29) is 59.9 Å². The Labute approximate surface area is 269 Å². The number of nitrogens with one attached hydrogen (secondary N) is 4. The normalized spacial score (nSPS) is 31.5. The fourth-order valence-electron chi connectivity index (χ4n) is 5.48. The van der Waals surface area contributed by atoms with E-state index < -0.39 is 38.9 Å². The number of allylic oxidation sites excluding steroid dienone is 2. The molecule has 0 aromatic rings. The summed E-state index contributed by atoms with van der Waals surface area (Å²) in [4.78, 5) is 50.2. The monoisotopic (exact) mass is 684 g/mol. The van der Waals surface area contributed by atoms with Gasteiger partial charge in [-0.2, -0.15) is 0 Å². The predicted octanol–water partition coefficient (Wildman–Crippen LogP) is 2.13. The van der Waals surface area contributed by atoms with Crippen molar-refractivity contribution in [1.82, 2.24) is 39.5 Å². The second-order valence-electron chi connectivity index (χ2n) is 14.8. The zero-order valence-corrected chi connectivity index (χ0v) is 29.5. The SMILES string of the molecule is CC1(C)CN1P(=O)(NC(=O)OCCNC1=CC(=O)C(NCCOC(=O)NP(=O)(N2CC2(C)C)N2CC2(C)C)=CC1=O)N1CC1(C)C. The molecule has 2 amide bonds. The molecule has 46 heavy (non-hydrogen) atoms. The summed E-state index contributed by atoms with van der Waals surface area (Å²) >= 11 is 0. The summed E-state index contributed by atoms with van der Waals surface area (Å²) in [6.45, 7) is 17.8. The Balaban J connectivity index is 1.01. The van der Waals surface area contributed by atoms with Crippen LogP contribution in [0.4, 0.5) is 9.59 Å². The number of ketones is 2. The fraction of sp³-hybridized carbons (Fsp3) is 0.714. The molecule has 4 heterocycles. The van der Waals surface area contributed by atoms with Crippen molar-refractivity contribution in [1.29, 1.82) is 0 Å². The van der Waals surface area contributed by atoms with Crippen molar-refractivity contribution < 1.29 is 37.8 Å². The van der Waals surface area contributed by atoms with Crippen molar-refractivity contribution in [2.75, 3.05) is 52.5 Å². The minimum Gasteiger partial charge on any atom is -0.447 e. The molecule has 4 unspecified atom stereocenters. The fourth-order valence-corrected chi connectivity index (χ4v) is 12.2. The summed E-state index contributed by atoms with van der Waals surface area (Å²) in [5, 5.41) is 10.7. The van der Waals surface area contributed by atoms with Crippen LogP contribution in [-0.2, 0) is 28.2 Å². The van der Waals surface area contributed by atoms with Gasteiger partial charge in [-0.3, -0.25) is 18.7 Å². The molecular weight excluding hydrogens is 638 g/mol. The maximum Gasteiger partial charge on any atom is 0.414 e. The highest BCUT2D eigenvalue weighted by Gasteiger charge is 2.66. The van der Waals surface area contributed by atoms with Crippen LogP contribution in [0, 0.1) is 0 Å². The number of ether oxygens (including phenoxy) is 2. The van der Waals surface area contributed by atoms with Gasteiger partial charge in [-0.1, -0.05) is 0 Å². The van der Waals surface area contributed by atoms with Crippen LogP contribution in [0.15, 0.2) is 23.5 Å². The van der Waals surface area contributed by atoms with Crippen molar-refractivity contribution in [2.24, 2.45) is 0 Å². The van der Waals surface area contributed by atoms with Crippen LogP contribution in [-0.4, -0.2) is 117 Å². The first-order chi connectivity index (χ1) is 21.1. The number of carbonyl (C=O) groups excluding carboxylic acids is 4. The Morgan fingerprint density at radius 1 is 0.630 bits per heavy atom. The molecule has 0 radical (unpaired) electrons. The molecule has 18 heteroatoms. The average Bonchev–Trinajstić information content (AvgIpc) is 3.88. The van der Waals surface area contributed by atoms with Gasteiger partial charge in [-0.25, -0.2) is 38.4 Å². The summed E-state index contributed by atoms with van der Waals surface area (Å²) in [6.07, 6.45) is 0.600. The van der Waals surface area contributed by atoms with Gasteiger partial charge in [-0.15, -0.1) is 0 Å². The van der Waals surface area contributed by atoms with Gasteiger partial charge in [-0.05, 0) is 55.4 Å². The van der Waals surface area contributed by atoms with Crippen LogP contribution >= 0.6 is 15.2 Å². The smallest absolute Gasteiger partial charge is 0.414 e. The summed E-state index contributed by atoms with van der Waals surface area (Å²) < 4.78 is 45.0. The van der Waals surface area contributed by atoms with Gasteiger partial charge in [0.15, 0.2) is 0 Å². The van der Waals surface area contributed by atoms with E-state index in [1.807, 2.05) is 55.4 Å². The molecule has 256 valence electrons. The average molecular weight is 685 g/mol.